The maximum atomic E-state index is 12.8. The van der Waals surface area contributed by atoms with Crippen LogP contribution in [0, 0.1) is 13.8 Å². The van der Waals surface area contributed by atoms with Crippen molar-refractivity contribution in [2.75, 3.05) is 26.7 Å². The number of carbonyl (C=O) groups excluding carboxylic acids is 1. The Kier molecular flexibility index (Phi) is 5.67. The fourth-order valence-corrected chi connectivity index (χ4v) is 4.62. The van der Waals surface area contributed by atoms with Crippen LogP contribution in [0.5, 0.6) is 0 Å². The average molecular weight is 397 g/mol. The summed E-state index contributed by atoms with van der Waals surface area (Å²) in [5.41, 5.74) is 4.58. The van der Waals surface area contributed by atoms with Gasteiger partial charge in [-0.2, -0.15) is 5.10 Å². The van der Waals surface area contributed by atoms with Crippen molar-refractivity contribution in [1.82, 2.24) is 29.5 Å². The zero-order valence-electron chi connectivity index (χ0n) is 18.1. The van der Waals surface area contributed by atoms with E-state index in [-0.39, 0.29) is 11.9 Å². The van der Waals surface area contributed by atoms with Crippen LogP contribution in [0.25, 0.3) is 0 Å². The average Bonchev–Trinajstić information content (AvgIpc) is 3.05. The van der Waals surface area contributed by atoms with Crippen molar-refractivity contribution in [2.45, 2.75) is 65.0 Å². The molecule has 0 saturated carbocycles. The number of likely N-dealkylation sites (tertiary alicyclic amines) is 1. The highest BCUT2D eigenvalue weighted by molar-refractivity contribution is 5.76. The van der Waals surface area contributed by atoms with Gasteiger partial charge in [0.25, 0.3) is 0 Å². The lowest BCUT2D eigenvalue weighted by Gasteiger charge is -2.32. The van der Waals surface area contributed by atoms with E-state index >= 15 is 0 Å². The minimum absolute atomic E-state index is 0.0797. The summed E-state index contributed by atoms with van der Waals surface area (Å²) in [6.45, 7) is 9.68. The third-order valence-corrected chi connectivity index (χ3v) is 6.29. The molecule has 0 N–H and O–H groups in total. The van der Waals surface area contributed by atoms with E-state index in [9.17, 15) is 4.79 Å². The summed E-state index contributed by atoms with van der Waals surface area (Å²) in [5, 5.41) is 4.53. The first-order chi connectivity index (χ1) is 13.9. The zero-order valence-corrected chi connectivity index (χ0v) is 18.1. The monoisotopic (exact) mass is 396 g/mol. The molecule has 1 fully saturated rings. The van der Waals surface area contributed by atoms with Crippen LogP contribution in [0.4, 0.5) is 0 Å². The molecule has 7 nitrogen and oxygen atoms in total. The van der Waals surface area contributed by atoms with Crippen molar-refractivity contribution >= 4 is 5.91 Å². The lowest BCUT2D eigenvalue weighted by atomic mass is 9.95. The number of hydrogen-bond acceptors (Lipinski definition) is 5. The fraction of sp³-hybridized carbons (Fsp3) is 0.636. The molecule has 1 saturated heterocycles. The summed E-state index contributed by atoms with van der Waals surface area (Å²) >= 11 is 0. The normalized spacial score (nSPS) is 19.2. The Morgan fingerprint density at radius 2 is 2.00 bits per heavy atom. The highest BCUT2D eigenvalue weighted by atomic mass is 16.2. The largest absolute Gasteiger partial charge is 0.343 e. The van der Waals surface area contributed by atoms with Crippen LogP contribution in [0.1, 0.15) is 66.6 Å². The summed E-state index contributed by atoms with van der Waals surface area (Å²) in [6, 6.07) is 2.14. The van der Waals surface area contributed by atoms with Crippen LogP contribution in [0.2, 0.25) is 0 Å². The summed E-state index contributed by atoms with van der Waals surface area (Å²) in [7, 11) is 2.14. The smallest absolute Gasteiger partial charge is 0.224 e. The van der Waals surface area contributed by atoms with Gasteiger partial charge in [-0.1, -0.05) is 0 Å². The van der Waals surface area contributed by atoms with Crippen LogP contribution in [-0.2, 0) is 17.8 Å². The van der Waals surface area contributed by atoms with E-state index in [2.05, 4.69) is 35.0 Å². The van der Waals surface area contributed by atoms with Crippen molar-refractivity contribution in [3.63, 3.8) is 0 Å². The van der Waals surface area contributed by atoms with Gasteiger partial charge >= 0.3 is 0 Å². The number of piperidine rings is 1. The molecule has 156 valence electrons. The molecule has 2 aromatic rings. The number of fused-ring (bicyclic) bond motifs is 1. The van der Waals surface area contributed by atoms with E-state index in [1.807, 2.05) is 29.6 Å². The molecule has 1 atom stereocenters. The summed E-state index contributed by atoms with van der Waals surface area (Å²) < 4.78 is 1.97. The Hall–Kier alpha value is -2.28. The van der Waals surface area contributed by atoms with Gasteiger partial charge in [0.05, 0.1) is 11.7 Å². The molecule has 4 heterocycles. The molecule has 7 heteroatoms. The Morgan fingerprint density at radius 1 is 1.24 bits per heavy atom. The minimum Gasteiger partial charge on any atom is -0.343 e. The van der Waals surface area contributed by atoms with E-state index in [1.54, 1.807) is 0 Å². The van der Waals surface area contributed by atoms with E-state index < -0.39 is 0 Å². The van der Waals surface area contributed by atoms with Crippen LogP contribution >= 0.6 is 0 Å². The fourth-order valence-electron chi connectivity index (χ4n) is 4.62. The Morgan fingerprint density at radius 3 is 2.69 bits per heavy atom. The SMILES string of the molecule is Cc1cc(C)n(C(C)CC(=O)N2CCC(c3ncc4c(n3)CCN(C)C4)CC2)n1. The number of amides is 1. The molecular weight excluding hydrogens is 364 g/mol. The van der Waals surface area contributed by atoms with Gasteiger partial charge in [0, 0.05) is 68.1 Å². The maximum absolute atomic E-state index is 12.8. The van der Waals surface area contributed by atoms with Crippen molar-refractivity contribution in [2.24, 2.45) is 0 Å². The van der Waals surface area contributed by atoms with Gasteiger partial charge in [-0.25, -0.2) is 9.97 Å². The van der Waals surface area contributed by atoms with Crippen molar-refractivity contribution in [3.05, 3.63) is 40.7 Å². The predicted molar refractivity (Wildman–Crippen MR) is 112 cm³/mol. The van der Waals surface area contributed by atoms with Crippen molar-refractivity contribution < 1.29 is 4.79 Å². The van der Waals surface area contributed by atoms with Gasteiger partial charge in [-0.3, -0.25) is 9.48 Å². The molecule has 0 radical (unpaired) electrons. The zero-order chi connectivity index (χ0) is 20.5. The molecule has 2 aromatic heterocycles. The van der Waals surface area contributed by atoms with Crippen LogP contribution in [-0.4, -0.2) is 62.1 Å². The number of aryl methyl sites for hydroxylation is 2. The first-order valence-electron chi connectivity index (χ1n) is 10.7. The van der Waals surface area contributed by atoms with Crippen molar-refractivity contribution in [3.8, 4) is 0 Å². The number of aromatic nitrogens is 4. The first-order valence-corrected chi connectivity index (χ1v) is 10.7. The quantitative estimate of drug-likeness (QED) is 0.795. The molecule has 2 aliphatic heterocycles. The molecule has 0 bridgehead atoms. The van der Waals surface area contributed by atoms with Gasteiger partial charge in [0.2, 0.25) is 5.91 Å². The predicted octanol–water partition coefficient (Wildman–Crippen LogP) is 2.64. The summed E-state index contributed by atoms with van der Waals surface area (Å²) in [4.78, 5) is 26.7. The van der Waals surface area contributed by atoms with Gasteiger partial charge in [-0.15, -0.1) is 0 Å². The molecule has 1 unspecified atom stereocenters. The second-order valence-electron chi connectivity index (χ2n) is 8.77. The molecule has 1 amide bonds. The first kappa shape index (κ1) is 20.0. The molecular formula is C22H32N6O. The van der Waals surface area contributed by atoms with Gasteiger partial charge in [-0.05, 0) is 46.7 Å². The van der Waals surface area contributed by atoms with E-state index in [1.165, 1.54) is 11.3 Å². The number of carbonyl (C=O) groups is 1. The second kappa shape index (κ2) is 8.22. The highest BCUT2D eigenvalue weighted by Gasteiger charge is 2.27. The van der Waals surface area contributed by atoms with E-state index in [4.69, 9.17) is 4.98 Å². The van der Waals surface area contributed by atoms with Crippen LogP contribution < -0.4 is 0 Å². The number of likely N-dealkylation sites (N-methyl/N-ethyl adjacent to an activating group) is 1. The second-order valence-corrected chi connectivity index (χ2v) is 8.77. The minimum atomic E-state index is 0.0797. The third kappa shape index (κ3) is 4.34. The Balaban J connectivity index is 1.33. The lowest BCUT2D eigenvalue weighted by molar-refractivity contribution is -0.133. The van der Waals surface area contributed by atoms with E-state index in [0.29, 0.717) is 12.3 Å². The third-order valence-electron chi connectivity index (χ3n) is 6.29. The standard InChI is InChI=1S/C22H32N6O/c1-15-11-16(2)28(25-15)17(3)12-21(29)27-9-5-18(6-10-27)22-23-13-19-14-26(4)8-7-20(19)24-22/h11,13,17-18H,5-10,12,14H2,1-4H3. The Labute approximate surface area is 173 Å². The van der Waals surface area contributed by atoms with Gasteiger partial charge in [0.15, 0.2) is 0 Å². The van der Waals surface area contributed by atoms with Crippen LogP contribution in [0.3, 0.4) is 0 Å². The lowest BCUT2D eigenvalue weighted by Crippen LogP contribution is -2.39. The number of nitrogens with zero attached hydrogens (tertiary/aromatic N) is 6. The molecule has 2 aliphatic rings. The van der Waals surface area contributed by atoms with Crippen LogP contribution in [0.15, 0.2) is 12.3 Å². The molecule has 0 aliphatic carbocycles. The molecule has 4 rings (SSSR count). The Bertz CT molecular complexity index is 883. The molecule has 0 aromatic carbocycles. The highest BCUT2D eigenvalue weighted by Crippen LogP contribution is 2.28. The van der Waals surface area contributed by atoms with E-state index in [0.717, 1.165) is 62.7 Å². The molecule has 29 heavy (non-hydrogen) atoms. The number of rotatable bonds is 4. The van der Waals surface area contributed by atoms with Crippen molar-refractivity contribution in [1.29, 1.82) is 0 Å². The topological polar surface area (TPSA) is 67.2 Å². The maximum Gasteiger partial charge on any atom is 0.224 e. The number of hydrogen-bond donors (Lipinski definition) is 0. The summed E-state index contributed by atoms with van der Waals surface area (Å²) in [5.74, 6) is 1.55. The van der Waals surface area contributed by atoms with Gasteiger partial charge in [0.1, 0.15) is 5.82 Å². The molecule has 0 spiro atoms. The van der Waals surface area contributed by atoms with Gasteiger partial charge < -0.3 is 9.80 Å². The summed E-state index contributed by atoms with van der Waals surface area (Å²) in [6.07, 6.45) is 5.40.